The van der Waals surface area contributed by atoms with Gasteiger partial charge in [-0.15, -0.1) is 0 Å². The van der Waals surface area contributed by atoms with Crippen molar-refractivity contribution >= 4 is 15.9 Å². The van der Waals surface area contributed by atoms with Crippen molar-refractivity contribution in [3.05, 3.63) is 45.7 Å². The molecule has 0 spiro atoms. The lowest BCUT2D eigenvalue weighted by Crippen LogP contribution is -2.22. The molecule has 2 unspecified atom stereocenters. The van der Waals surface area contributed by atoms with Gasteiger partial charge in [0.2, 0.25) is 0 Å². The van der Waals surface area contributed by atoms with Gasteiger partial charge in [0.05, 0.1) is 17.3 Å². The van der Waals surface area contributed by atoms with E-state index in [4.69, 9.17) is 4.74 Å². The largest absolute Gasteiger partial charge is 0.496 e. The quantitative estimate of drug-likeness (QED) is 0.887. The summed E-state index contributed by atoms with van der Waals surface area (Å²) >= 11 is 3.54. The van der Waals surface area contributed by atoms with Crippen molar-refractivity contribution in [1.29, 1.82) is 0 Å². The molecule has 0 aliphatic heterocycles. The summed E-state index contributed by atoms with van der Waals surface area (Å²) in [6, 6.07) is 6.65. The molecule has 2 atom stereocenters. The Hall–Kier alpha value is -1.33. The van der Waals surface area contributed by atoms with Crippen LogP contribution in [0.15, 0.2) is 28.9 Å². The fourth-order valence-corrected chi connectivity index (χ4v) is 3.11. The number of aromatic nitrogens is 2. The number of hydrogen-bond acceptors (Lipinski definition) is 3. The second-order valence-electron chi connectivity index (χ2n) is 5.35. The van der Waals surface area contributed by atoms with E-state index in [-0.39, 0.29) is 12.1 Å². The van der Waals surface area contributed by atoms with Crippen molar-refractivity contribution in [1.82, 2.24) is 15.1 Å². The SMILES string of the molecule is COc1ccc(C(C)NC(C)c2cn(C)nc2C)cc1Br. The smallest absolute Gasteiger partial charge is 0.133 e. The van der Waals surface area contributed by atoms with E-state index >= 15 is 0 Å². The van der Waals surface area contributed by atoms with Crippen molar-refractivity contribution in [3.8, 4) is 5.75 Å². The zero-order chi connectivity index (χ0) is 15.6. The van der Waals surface area contributed by atoms with Crippen molar-refractivity contribution < 1.29 is 4.74 Å². The van der Waals surface area contributed by atoms with Crippen LogP contribution in [0.25, 0.3) is 0 Å². The second kappa shape index (κ2) is 6.62. The molecule has 0 saturated heterocycles. The number of rotatable bonds is 5. The molecule has 0 radical (unpaired) electrons. The van der Waals surface area contributed by atoms with E-state index < -0.39 is 0 Å². The van der Waals surface area contributed by atoms with Gasteiger partial charge in [-0.25, -0.2) is 0 Å². The minimum atomic E-state index is 0.238. The zero-order valence-corrected chi connectivity index (χ0v) is 14.7. The number of methoxy groups -OCH3 is 1. The van der Waals surface area contributed by atoms with Gasteiger partial charge >= 0.3 is 0 Å². The molecule has 0 fully saturated rings. The first-order valence-corrected chi connectivity index (χ1v) is 7.81. The van der Waals surface area contributed by atoms with Gasteiger partial charge in [-0.1, -0.05) is 6.07 Å². The van der Waals surface area contributed by atoms with Crippen molar-refractivity contribution in [2.75, 3.05) is 7.11 Å². The maximum absolute atomic E-state index is 5.27. The van der Waals surface area contributed by atoms with E-state index in [1.807, 2.05) is 24.7 Å². The Bertz CT molecular complexity index is 624. The molecule has 0 aliphatic rings. The van der Waals surface area contributed by atoms with Gasteiger partial charge in [0.1, 0.15) is 5.75 Å². The molecule has 1 heterocycles. The Labute approximate surface area is 134 Å². The predicted molar refractivity (Wildman–Crippen MR) is 88.6 cm³/mol. The van der Waals surface area contributed by atoms with E-state index in [2.05, 4.69) is 58.5 Å². The fraction of sp³-hybridized carbons (Fsp3) is 0.438. The van der Waals surface area contributed by atoms with Gasteiger partial charge in [0, 0.05) is 30.9 Å². The summed E-state index contributed by atoms with van der Waals surface area (Å²) in [5, 5.41) is 8.02. The molecule has 1 aromatic heterocycles. The van der Waals surface area contributed by atoms with Gasteiger partial charge in [0.25, 0.3) is 0 Å². The number of benzene rings is 1. The molecule has 1 aromatic carbocycles. The number of nitrogens with one attached hydrogen (secondary N) is 1. The number of nitrogens with zero attached hydrogens (tertiary/aromatic N) is 2. The lowest BCUT2D eigenvalue weighted by atomic mass is 10.0. The van der Waals surface area contributed by atoms with Crippen LogP contribution < -0.4 is 10.1 Å². The van der Waals surface area contributed by atoms with Gasteiger partial charge < -0.3 is 10.1 Å². The Morgan fingerprint density at radius 2 is 2.00 bits per heavy atom. The summed E-state index contributed by atoms with van der Waals surface area (Å²) in [5.41, 5.74) is 3.52. The van der Waals surface area contributed by atoms with Crippen molar-refractivity contribution in [2.45, 2.75) is 32.9 Å². The first-order valence-electron chi connectivity index (χ1n) is 7.02. The van der Waals surface area contributed by atoms with Gasteiger partial charge in [-0.2, -0.15) is 5.10 Å². The van der Waals surface area contributed by atoms with Crippen LogP contribution in [0.1, 0.15) is 42.8 Å². The highest BCUT2D eigenvalue weighted by atomic mass is 79.9. The highest BCUT2D eigenvalue weighted by Gasteiger charge is 2.15. The standard InChI is InChI=1S/C16H22BrN3O/c1-10(13-6-7-16(21-5)15(17)8-13)18-11(2)14-9-20(4)19-12(14)3/h6-11,18H,1-5H3. The summed E-state index contributed by atoms with van der Waals surface area (Å²) in [4.78, 5) is 0. The lowest BCUT2D eigenvalue weighted by Gasteiger charge is -2.20. The zero-order valence-electron chi connectivity index (χ0n) is 13.1. The van der Waals surface area contributed by atoms with Crippen LogP contribution in [0.5, 0.6) is 5.75 Å². The topological polar surface area (TPSA) is 39.1 Å². The van der Waals surface area contributed by atoms with Crippen LogP contribution in [0.3, 0.4) is 0 Å². The monoisotopic (exact) mass is 351 g/mol. The number of aryl methyl sites for hydroxylation is 2. The molecule has 0 saturated carbocycles. The molecular weight excluding hydrogens is 330 g/mol. The Morgan fingerprint density at radius 3 is 2.52 bits per heavy atom. The first kappa shape index (κ1) is 16.0. The molecule has 5 heteroatoms. The van der Waals surface area contributed by atoms with Crippen LogP contribution >= 0.6 is 15.9 Å². The molecule has 4 nitrogen and oxygen atoms in total. The van der Waals surface area contributed by atoms with Crippen LogP contribution in [0.2, 0.25) is 0 Å². The van der Waals surface area contributed by atoms with Gasteiger partial charge in [-0.05, 0) is 54.4 Å². The van der Waals surface area contributed by atoms with E-state index in [0.717, 1.165) is 15.9 Å². The average molecular weight is 352 g/mol. The molecule has 0 aliphatic carbocycles. The minimum Gasteiger partial charge on any atom is -0.496 e. The van der Waals surface area contributed by atoms with Gasteiger partial charge in [0.15, 0.2) is 0 Å². The molecule has 0 amide bonds. The Morgan fingerprint density at radius 1 is 1.29 bits per heavy atom. The van der Waals surface area contributed by atoms with Crippen molar-refractivity contribution in [3.63, 3.8) is 0 Å². The Balaban J connectivity index is 2.12. The van der Waals surface area contributed by atoms with Crippen LogP contribution in [-0.2, 0) is 7.05 Å². The highest BCUT2D eigenvalue weighted by Crippen LogP contribution is 2.29. The number of halogens is 1. The maximum atomic E-state index is 5.27. The van der Waals surface area contributed by atoms with Crippen LogP contribution in [0, 0.1) is 6.92 Å². The normalized spacial score (nSPS) is 14.0. The Kier molecular flexibility index (Phi) is 5.06. The molecule has 0 bridgehead atoms. The lowest BCUT2D eigenvalue weighted by molar-refractivity contribution is 0.411. The summed E-state index contributed by atoms with van der Waals surface area (Å²) in [6.07, 6.45) is 2.07. The minimum absolute atomic E-state index is 0.238. The van der Waals surface area contributed by atoms with Crippen LogP contribution in [-0.4, -0.2) is 16.9 Å². The van der Waals surface area contributed by atoms with Gasteiger partial charge in [-0.3, -0.25) is 4.68 Å². The summed E-state index contributed by atoms with van der Waals surface area (Å²) in [5.74, 6) is 0.849. The average Bonchev–Trinajstić information content (AvgIpc) is 2.77. The van der Waals surface area contributed by atoms with Crippen molar-refractivity contribution in [2.24, 2.45) is 7.05 Å². The van der Waals surface area contributed by atoms with E-state index in [1.54, 1.807) is 7.11 Å². The molecular formula is C16H22BrN3O. The third-order valence-corrected chi connectivity index (χ3v) is 4.31. The second-order valence-corrected chi connectivity index (χ2v) is 6.20. The predicted octanol–water partition coefficient (Wildman–Crippen LogP) is 3.91. The molecule has 2 aromatic rings. The van der Waals surface area contributed by atoms with E-state index in [1.165, 1.54) is 11.1 Å². The summed E-state index contributed by atoms with van der Waals surface area (Å²) < 4.78 is 8.10. The third-order valence-electron chi connectivity index (χ3n) is 3.69. The first-order chi connectivity index (χ1) is 9.92. The fourth-order valence-electron chi connectivity index (χ4n) is 2.56. The highest BCUT2D eigenvalue weighted by molar-refractivity contribution is 9.10. The van der Waals surface area contributed by atoms with E-state index in [0.29, 0.717) is 0 Å². The summed E-state index contributed by atoms with van der Waals surface area (Å²) in [6.45, 7) is 6.37. The molecule has 1 N–H and O–H groups in total. The number of hydrogen-bond donors (Lipinski definition) is 1. The molecule has 21 heavy (non-hydrogen) atoms. The van der Waals surface area contributed by atoms with E-state index in [9.17, 15) is 0 Å². The molecule has 114 valence electrons. The molecule has 2 rings (SSSR count). The maximum Gasteiger partial charge on any atom is 0.133 e. The van der Waals surface area contributed by atoms with Crippen LogP contribution in [0.4, 0.5) is 0 Å². The summed E-state index contributed by atoms with van der Waals surface area (Å²) in [7, 11) is 3.63. The third kappa shape index (κ3) is 3.66. The number of ether oxygens (including phenoxy) is 1.